The van der Waals surface area contributed by atoms with Gasteiger partial charge in [-0.1, -0.05) is 0 Å². The van der Waals surface area contributed by atoms with Gasteiger partial charge >= 0.3 is 29.0 Å². The third kappa shape index (κ3) is 886. The van der Waals surface area contributed by atoms with E-state index in [1.165, 1.54) is 0 Å². The molecule has 0 aromatic heterocycles. The second-order valence-corrected chi connectivity index (χ2v) is 1.64. The summed E-state index contributed by atoms with van der Waals surface area (Å²) in [4.78, 5) is 27.2. The zero-order valence-electron chi connectivity index (χ0n) is 7.35. The molecule has 0 unspecified atom stereocenters. The largest absolute Gasteiger partial charge is 0.481 e. The van der Waals surface area contributed by atoms with E-state index in [0.717, 1.165) is 13.8 Å². The average molecular weight is 221 g/mol. The lowest BCUT2D eigenvalue weighted by Gasteiger charge is -1.73. The molecule has 0 spiro atoms. The predicted octanol–water partition coefficient (Wildman–Crippen LogP) is -1.70. The van der Waals surface area contributed by atoms with Crippen molar-refractivity contribution in [3.05, 3.63) is 0 Å². The zero-order valence-corrected chi connectivity index (χ0v) is 7.35. The fourth-order valence-electron chi connectivity index (χ4n) is 0. The number of hydrogen-bond donors (Lipinski definition) is 4. The van der Waals surface area contributed by atoms with Crippen molar-refractivity contribution in [2.24, 2.45) is 5.73 Å². The van der Waals surface area contributed by atoms with Crippen LogP contribution in [0, 0.1) is 0 Å². The number of rotatable bonds is 1. The highest BCUT2D eigenvalue weighted by atomic mass is 24.3. The standard InChI is InChI=1S/C2H5NO2.2C2H4O2.Mg.2H/c3-1-2(4)5;2*1-2(3)4;;;/h1,3H2,(H,4,5);2*1H3,(H,3,4);;;. The van der Waals surface area contributed by atoms with Crippen molar-refractivity contribution in [1.29, 1.82) is 0 Å². The van der Waals surface area contributed by atoms with E-state index in [0.29, 0.717) is 0 Å². The van der Waals surface area contributed by atoms with Gasteiger partial charge in [0, 0.05) is 13.8 Å². The maximum absolute atomic E-state index is 9.24. The summed E-state index contributed by atoms with van der Waals surface area (Å²) in [5, 5.41) is 22.4. The van der Waals surface area contributed by atoms with Crippen molar-refractivity contribution in [2.45, 2.75) is 13.8 Å². The number of hydrogen-bond acceptors (Lipinski definition) is 4. The molecule has 0 aromatic rings. The molecule has 0 heterocycles. The molecule has 8 heteroatoms. The molecule has 5 N–H and O–H groups in total. The lowest BCUT2D eigenvalue weighted by Crippen LogP contribution is -2.10. The summed E-state index contributed by atoms with van der Waals surface area (Å²) in [6.07, 6.45) is 0. The molecular formula is C6H15MgNO6. The van der Waals surface area contributed by atoms with Crippen LogP contribution in [0.5, 0.6) is 0 Å². The molecule has 0 saturated heterocycles. The van der Waals surface area contributed by atoms with Crippen LogP contribution in [0.2, 0.25) is 0 Å². The third-order valence-corrected chi connectivity index (χ3v) is 0.175. The van der Waals surface area contributed by atoms with Crippen molar-refractivity contribution < 1.29 is 29.7 Å². The van der Waals surface area contributed by atoms with Crippen LogP contribution < -0.4 is 5.73 Å². The Morgan fingerprint density at radius 2 is 1.07 bits per heavy atom. The topological polar surface area (TPSA) is 138 Å². The van der Waals surface area contributed by atoms with Gasteiger partial charge in [-0.2, -0.15) is 0 Å². The first kappa shape index (κ1) is 23.2. The Balaban J connectivity index is -0.0000000522. The molecule has 0 atom stereocenters. The van der Waals surface area contributed by atoms with Gasteiger partial charge in [-0.3, -0.25) is 14.4 Å². The summed E-state index contributed by atoms with van der Waals surface area (Å²) in [6.45, 7) is 1.89. The summed E-state index contributed by atoms with van der Waals surface area (Å²) in [7, 11) is 0. The predicted molar refractivity (Wildman–Crippen MR) is 51.9 cm³/mol. The van der Waals surface area contributed by atoms with Crippen molar-refractivity contribution in [1.82, 2.24) is 0 Å². The van der Waals surface area contributed by atoms with Crippen molar-refractivity contribution in [3.8, 4) is 0 Å². The molecule has 7 nitrogen and oxygen atoms in total. The van der Waals surface area contributed by atoms with Crippen LogP contribution in [0.3, 0.4) is 0 Å². The van der Waals surface area contributed by atoms with E-state index in [1.54, 1.807) is 0 Å². The van der Waals surface area contributed by atoms with Gasteiger partial charge < -0.3 is 21.1 Å². The molecule has 0 aromatic carbocycles. The van der Waals surface area contributed by atoms with Crippen LogP contribution in [0.15, 0.2) is 0 Å². The van der Waals surface area contributed by atoms with Crippen LogP contribution in [0.25, 0.3) is 0 Å². The van der Waals surface area contributed by atoms with E-state index in [4.69, 9.17) is 24.9 Å². The Hall–Kier alpha value is -0.864. The van der Waals surface area contributed by atoms with Crippen LogP contribution in [0.1, 0.15) is 13.8 Å². The van der Waals surface area contributed by atoms with Crippen molar-refractivity contribution >= 4 is 41.0 Å². The van der Waals surface area contributed by atoms with Crippen LogP contribution in [-0.4, -0.2) is 62.8 Å². The Morgan fingerprint density at radius 3 is 1.07 bits per heavy atom. The van der Waals surface area contributed by atoms with Gasteiger partial charge in [0.15, 0.2) is 0 Å². The van der Waals surface area contributed by atoms with E-state index in [-0.39, 0.29) is 29.6 Å². The van der Waals surface area contributed by atoms with E-state index < -0.39 is 17.9 Å². The Bertz CT molecular complexity index is 152. The molecule has 0 radical (unpaired) electrons. The highest BCUT2D eigenvalue weighted by molar-refractivity contribution is 5.75. The van der Waals surface area contributed by atoms with Gasteiger partial charge in [-0.25, -0.2) is 0 Å². The zero-order chi connectivity index (χ0) is 11.4. The van der Waals surface area contributed by atoms with Crippen molar-refractivity contribution in [2.75, 3.05) is 6.54 Å². The lowest BCUT2D eigenvalue weighted by atomic mass is 10.7. The monoisotopic (exact) mass is 221 g/mol. The highest BCUT2D eigenvalue weighted by Crippen LogP contribution is 1.44. The first-order valence-corrected chi connectivity index (χ1v) is 3.04. The SMILES string of the molecule is CC(=O)O.CC(=O)O.NCC(=O)O.[MgH2]. The molecule has 0 rings (SSSR count). The van der Waals surface area contributed by atoms with Gasteiger partial charge in [0.1, 0.15) is 0 Å². The van der Waals surface area contributed by atoms with Gasteiger partial charge in [-0.15, -0.1) is 0 Å². The fourth-order valence-corrected chi connectivity index (χ4v) is 0. The molecule has 0 fully saturated rings. The second-order valence-electron chi connectivity index (χ2n) is 1.64. The summed E-state index contributed by atoms with van der Waals surface area (Å²) in [5.74, 6) is -2.63. The highest BCUT2D eigenvalue weighted by Gasteiger charge is 1.81. The van der Waals surface area contributed by atoms with E-state index in [9.17, 15) is 4.79 Å². The minimum atomic E-state index is -0.968. The van der Waals surface area contributed by atoms with Crippen LogP contribution >= 0.6 is 0 Å². The van der Waals surface area contributed by atoms with Gasteiger partial charge in [0.25, 0.3) is 11.9 Å². The summed E-state index contributed by atoms with van der Waals surface area (Å²) >= 11 is 0. The van der Waals surface area contributed by atoms with Crippen LogP contribution in [0.4, 0.5) is 0 Å². The molecular weight excluding hydrogens is 206 g/mol. The minimum absolute atomic E-state index is 0. The molecule has 0 aliphatic carbocycles. The first-order chi connectivity index (χ1) is 5.73. The lowest BCUT2D eigenvalue weighted by molar-refractivity contribution is -0.136. The minimum Gasteiger partial charge on any atom is -0.481 e. The van der Waals surface area contributed by atoms with E-state index in [1.807, 2.05) is 0 Å². The molecule has 0 bridgehead atoms. The smallest absolute Gasteiger partial charge is 0.317 e. The maximum atomic E-state index is 9.24. The summed E-state index contributed by atoms with van der Waals surface area (Å²) in [6, 6.07) is 0. The normalized spacial score (nSPS) is 6.21. The molecule has 0 aliphatic heterocycles. The number of aliphatic carboxylic acids is 3. The summed E-state index contributed by atoms with van der Waals surface area (Å²) in [5.41, 5.74) is 4.57. The summed E-state index contributed by atoms with van der Waals surface area (Å²) < 4.78 is 0. The Kier molecular flexibility index (Phi) is 29.9. The Labute approximate surface area is 97.1 Å². The van der Waals surface area contributed by atoms with E-state index >= 15 is 0 Å². The number of carbonyl (C=O) groups is 3. The Morgan fingerprint density at radius 1 is 1.00 bits per heavy atom. The van der Waals surface area contributed by atoms with Crippen molar-refractivity contribution in [3.63, 3.8) is 0 Å². The molecule has 0 saturated carbocycles. The van der Waals surface area contributed by atoms with Gasteiger partial charge in [0.2, 0.25) is 0 Å². The molecule has 14 heavy (non-hydrogen) atoms. The number of carboxylic acid groups (broad SMARTS) is 3. The second kappa shape index (κ2) is 18.0. The molecule has 0 aliphatic rings. The fraction of sp³-hybridized carbons (Fsp3) is 0.500. The molecule has 0 amide bonds. The van der Waals surface area contributed by atoms with Gasteiger partial charge in [-0.05, 0) is 0 Å². The van der Waals surface area contributed by atoms with Crippen LogP contribution in [-0.2, 0) is 14.4 Å². The first-order valence-electron chi connectivity index (χ1n) is 3.04. The third-order valence-electron chi connectivity index (χ3n) is 0.175. The quantitative estimate of drug-likeness (QED) is 0.387. The number of nitrogens with two attached hydrogens (primary N) is 1. The van der Waals surface area contributed by atoms with Gasteiger partial charge in [0.05, 0.1) is 6.54 Å². The maximum Gasteiger partial charge on any atom is 0.317 e. The molecule has 82 valence electrons. The van der Waals surface area contributed by atoms with E-state index in [2.05, 4.69) is 5.73 Å². The number of carboxylic acids is 3. The average Bonchev–Trinajstić information content (AvgIpc) is 1.84.